The summed E-state index contributed by atoms with van der Waals surface area (Å²) in [5.74, 6) is 1.48. The van der Waals surface area contributed by atoms with Crippen LogP contribution < -0.4 is 5.73 Å². The molecule has 0 aromatic rings. The molecule has 2 aliphatic carbocycles. The monoisotopic (exact) mass is 213 g/mol. The Morgan fingerprint density at radius 1 is 1.27 bits per heavy atom. The summed E-state index contributed by atoms with van der Waals surface area (Å²) in [6.07, 6.45) is 7.55. The third-order valence-corrected chi connectivity index (χ3v) is 3.86. The van der Waals surface area contributed by atoms with Crippen LogP contribution in [0.1, 0.15) is 38.5 Å². The Bertz CT molecular complexity index is 190. The molecule has 2 saturated carbocycles. The lowest BCUT2D eigenvalue weighted by Crippen LogP contribution is -2.41. The van der Waals surface area contributed by atoms with Crippen LogP contribution in [0.4, 0.5) is 0 Å². The molecule has 2 unspecified atom stereocenters. The summed E-state index contributed by atoms with van der Waals surface area (Å²) < 4.78 is 5.69. The Hall–Kier alpha value is -0.120. The fourth-order valence-electron chi connectivity index (χ4n) is 2.24. The van der Waals surface area contributed by atoms with Gasteiger partial charge >= 0.3 is 0 Å². The summed E-state index contributed by atoms with van der Waals surface area (Å²) >= 11 is 0. The van der Waals surface area contributed by atoms with Crippen molar-refractivity contribution in [2.45, 2.75) is 50.7 Å². The number of ether oxygens (including phenoxy) is 1. The van der Waals surface area contributed by atoms with Crippen molar-refractivity contribution in [2.24, 2.45) is 17.6 Å². The molecule has 0 aromatic carbocycles. The third-order valence-electron chi connectivity index (χ3n) is 3.86. The molecule has 2 atom stereocenters. The fraction of sp³-hybridized carbons (Fsp3) is 1.00. The van der Waals surface area contributed by atoms with E-state index in [1.807, 2.05) is 0 Å². The van der Waals surface area contributed by atoms with Gasteiger partial charge in [0.15, 0.2) is 0 Å². The first-order chi connectivity index (χ1) is 7.31. The summed E-state index contributed by atoms with van der Waals surface area (Å²) in [5.41, 5.74) is 6.01. The lowest BCUT2D eigenvalue weighted by molar-refractivity contribution is -0.0149. The maximum absolute atomic E-state index is 9.20. The van der Waals surface area contributed by atoms with Crippen molar-refractivity contribution in [1.29, 1.82) is 0 Å². The van der Waals surface area contributed by atoms with Gasteiger partial charge in [-0.1, -0.05) is 19.3 Å². The molecule has 88 valence electrons. The highest BCUT2D eigenvalue weighted by Crippen LogP contribution is 2.34. The molecular formula is C12H23NO2. The maximum atomic E-state index is 9.20. The van der Waals surface area contributed by atoms with Crippen molar-refractivity contribution in [3.05, 3.63) is 0 Å². The van der Waals surface area contributed by atoms with Crippen LogP contribution in [-0.2, 0) is 4.74 Å². The average molecular weight is 213 g/mol. The van der Waals surface area contributed by atoms with Gasteiger partial charge in [-0.25, -0.2) is 0 Å². The predicted molar refractivity (Wildman–Crippen MR) is 59.5 cm³/mol. The van der Waals surface area contributed by atoms with E-state index in [-0.39, 0.29) is 18.8 Å². The van der Waals surface area contributed by atoms with Crippen molar-refractivity contribution in [2.75, 3.05) is 13.2 Å². The molecule has 0 aromatic heterocycles. The van der Waals surface area contributed by atoms with Gasteiger partial charge < -0.3 is 15.6 Å². The molecule has 2 fully saturated rings. The zero-order valence-corrected chi connectivity index (χ0v) is 9.40. The van der Waals surface area contributed by atoms with Crippen molar-refractivity contribution >= 4 is 0 Å². The SMILES string of the molecule is NC(C1CC1)C(CO)OCCC1CCC1. The van der Waals surface area contributed by atoms with Crippen molar-refractivity contribution < 1.29 is 9.84 Å². The largest absolute Gasteiger partial charge is 0.394 e. The standard InChI is InChI=1S/C12H23NO2/c13-12(10-4-5-10)11(8-14)15-7-6-9-2-1-3-9/h9-12,14H,1-8,13H2. The van der Waals surface area contributed by atoms with E-state index in [0.29, 0.717) is 5.92 Å². The van der Waals surface area contributed by atoms with Crippen LogP contribution in [0, 0.1) is 11.8 Å². The smallest absolute Gasteiger partial charge is 0.0958 e. The summed E-state index contributed by atoms with van der Waals surface area (Å²) in [7, 11) is 0. The molecule has 2 aliphatic rings. The molecular weight excluding hydrogens is 190 g/mol. The minimum absolute atomic E-state index is 0.0522. The average Bonchev–Trinajstić information content (AvgIpc) is 2.97. The van der Waals surface area contributed by atoms with Crippen LogP contribution in [0.5, 0.6) is 0 Å². The molecule has 0 heterocycles. The zero-order chi connectivity index (χ0) is 10.7. The van der Waals surface area contributed by atoms with Crippen molar-refractivity contribution in [3.8, 4) is 0 Å². The Morgan fingerprint density at radius 2 is 2.00 bits per heavy atom. The van der Waals surface area contributed by atoms with Crippen LogP contribution in [0.15, 0.2) is 0 Å². The first-order valence-corrected chi connectivity index (χ1v) is 6.29. The van der Waals surface area contributed by atoms with E-state index in [4.69, 9.17) is 10.5 Å². The highest BCUT2D eigenvalue weighted by Gasteiger charge is 2.34. The topological polar surface area (TPSA) is 55.5 Å². The van der Waals surface area contributed by atoms with Crippen LogP contribution in [0.25, 0.3) is 0 Å². The fourth-order valence-corrected chi connectivity index (χ4v) is 2.24. The van der Waals surface area contributed by atoms with Gasteiger partial charge in [-0.2, -0.15) is 0 Å². The summed E-state index contributed by atoms with van der Waals surface area (Å²) in [6, 6.07) is 0.0522. The Labute approximate surface area is 92.0 Å². The number of nitrogens with two attached hydrogens (primary N) is 1. The molecule has 15 heavy (non-hydrogen) atoms. The highest BCUT2D eigenvalue weighted by atomic mass is 16.5. The zero-order valence-electron chi connectivity index (χ0n) is 9.40. The Kier molecular flexibility index (Phi) is 4.00. The van der Waals surface area contributed by atoms with Crippen LogP contribution in [0.2, 0.25) is 0 Å². The number of aliphatic hydroxyl groups is 1. The number of rotatable bonds is 7. The van der Waals surface area contributed by atoms with Gasteiger partial charge in [0.25, 0.3) is 0 Å². The molecule has 0 bridgehead atoms. The molecule has 0 saturated heterocycles. The van der Waals surface area contributed by atoms with Gasteiger partial charge in [-0.3, -0.25) is 0 Å². The Morgan fingerprint density at radius 3 is 2.47 bits per heavy atom. The highest BCUT2D eigenvalue weighted by molar-refractivity contribution is 4.89. The van der Waals surface area contributed by atoms with Gasteiger partial charge in [0.05, 0.1) is 12.7 Å². The molecule has 0 aliphatic heterocycles. The summed E-state index contributed by atoms with van der Waals surface area (Å²) in [4.78, 5) is 0. The van der Waals surface area contributed by atoms with E-state index in [1.165, 1.54) is 32.1 Å². The molecule has 0 amide bonds. The predicted octanol–water partition coefficient (Wildman–Crippen LogP) is 1.29. The maximum Gasteiger partial charge on any atom is 0.0958 e. The van der Waals surface area contributed by atoms with Crippen LogP contribution in [-0.4, -0.2) is 30.5 Å². The van der Waals surface area contributed by atoms with E-state index in [1.54, 1.807) is 0 Å². The number of hydrogen-bond acceptors (Lipinski definition) is 3. The van der Waals surface area contributed by atoms with Crippen LogP contribution in [0.3, 0.4) is 0 Å². The van der Waals surface area contributed by atoms with E-state index in [9.17, 15) is 5.11 Å². The second-order valence-corrected chi connectivity index (χ2v) is 5.09. The van der Waals surface area contributed by atoms with Crippen molar-refractivity contribution in [1.82, 2.24) is 0 Å². The van der Waals surface area contributed by atoms with Gasteiger partial charge in [-0.15, -0.1) is 0 Å². The van der Waals surface area contributed by atoms with E-state index in [0.717, 1.165) is 18.9 Å². The van der Waals surface area contributed by atoms with Gasteiger partial charge in [-0.05, 0) is 31.1 Å². The van der Waals surface area contributed by atoms with Crippen LogP contribution >= 0.6 is 0 Å². The van der Waals surface area contributed by atoms with E-state index in [2.05, 4.69) is 0 Å². The molecule has 3 N–H and O–H groups in total. The first kappa shape index (κ1) is 11.4. The first-order valence-electron chi connectivity index (χ1n) is 6.29. The molecule has 3 heteroatoms. The minimum Gasteiger partial charge on any atom is -0.394 e. The number of aliphatic hydroxyl groups excluding tert-OH is 1. The second-order valence-electron chi connectivity index (χ2n) is 5.09. The Balaban J connectivity index is 1.60. The molecule has 3 nitrogen and oxygen atoms in total. The van der Waals surface area contributed by atoms with Gasteiger partial charge in [0.2, 0.25) is 0 Å². The van der Waals surface area contributed by atoms with Gasteiger partial charge in [0, 0.05) is 12.6 Å². The summed E-state index contributed by atoms with van der Waals surface area (Å²) in [5, 5.41) is 9.20. The van der Waals surface area contributed by atoms with E-state index < -0.39 is 0 Å². The third kappa shape index (κ3) is 3.16. The lowest BCUT2D eigenvalue weighted by atomic mass is 9.83. The quantitative estimate of drug-likeness (QED) is 0.670. The van der Waals surface area contributed by atoms with E-state index >= 15 is 0 Å². The van der Waals surface area contributed by atoms with Gasteiger partial charge in [0.1, 0.15) is 0 Å². The second kappa shape index (κ2) is 5.28. The normalized spacial score (nSPS) is 26.0. The number of hydrogen-bond donors (Lipinski definition) is 2. The summed E-state index contributed by atoms with van der Waals surface area (Å²) in [6.45, 7) is 0.846. The molecule has 2 rings (SSSR count). The lowest BCUT2D eigenvalue weighted by Gasteiger charge is -2.27. The van der Waals surface area contributed by atoms with Crippen molar-refractivity contribution in [3.63, 3.8) is 0 Å². The minimum atomic E-state index is -0.127. The molecule has 0 spiro atoms. The molecule has 0 radical (unpaired) electrons.